The lowest BCUT2D eigenvalue weighted by Gasteiger charge is -2.12. The minimum Gasteiger partial charge on any atom is -0.465 e. The Hall–Kier alpha value is -2.23. The molecule has 0 radical (unpaired) electrons. The molecule has 0 aliphatic heterocycles. The van der Waals surface area contributed by atoms with Gasteiger partial charge < -0.3 is 4.74 Å². The van der Waals surface area contributed by atoms with Gasteiger partial charge in [0.05, 0.1) is 24.1 Å². The highest BCUT2D eigenvalue weighted by atomic mass is 16.5. The summed E-state index contributed by atoms with van der Waals surface area (Å²) in [5.74, 6) is -0.385. The number of esters is 1. The molecule has 1 heterocycles. The van der Waals surface area contributed by atoms with Crippen molar-refractivity contribution < 1.29 is 9.53 Å². The first-order valence-corrected chi connectivity index (χ1v) is 5.62. The third-order valence-electron chi connectivity index (χ3n) is 2.78. The van der Waals surface area contributed by atoms with Gasteiger partial charge >= 0.3 is 5.97 Å². The van der Waals surface area contributed by atoms with Crippen molar-refractivity contribution in [2.75, 3.05) is 7.11 Å². The van der Waals surface area contributed by atoms with E-state index in [2.05, 4.69) is 10.2 Å². The zero-order valence-corrected chi connectivity index (χ0v) is 10.6. The predicted octanol–water partition coefficient (Wildman–Crippen LogP) is 2.55. The fraction of sp³-hybridized carbons (Fsp3) is 0.214. The predicted molar refractivity (Wildman–Crippen MR) is 68.3 cm³/mol. The van der Waals surface area contributed by atoms with Gasteiger partial charge in [-0.05, 0) is 19.4 Å². The number of carbonyl (C=O) groups is 1. The summed E-state index contributed by atoms with van der Waals surface area (Å²) >= 11 is 0. The summed E-state index contributed by atoms with van der Waals surface area (Å²) in [5, 5.41) is 8.06. The Morgan fingerprint density at radius 2 is 1.67 bits per heavy atom. The molecule has 0 aliphatic rings. The first kappa shape index (κ1) is 12.2. The smallest absolute Gasteiger partial charge is 0.340 e. The Labute approximate surface area is 106 Å². The van der Waals surface area contributed by atoms with Crippen molar-refractivity contribution >= 4 is 5.97 Å². The number of nitrogens with zero attached hydrogens (tertiary/aromatic N) is 2. The molecule has 1 aromatic carbocycles. The van der Waals surface area contributed by atoms with Crippen LogP contribution in [-0.2, 0) is 4.74 Å². The van der Waals surface area contributed by atoms with E-state index in [1.165, 1.54) is 7.11 Å². The second-order valence-corrected chi connectivity index (χ2v) is 3.98. The molecule has 0 fully saturated rings. The van der Waals surface area contributed by atoms with Crippen LogP contribution in [0.1, 0.15) is 21.7 Å². The van der Waals surface area contributed by atoms with Crippen molar-refractivity contribution in [3.63, 3.8) is 0 Å². The maximum Gasteiger partial charge on any atom is 0.340 e. The summed E-state index contributed by atoms with van der Waals surface area (Å²) in [6, 6.07) is 9.65. The van der Waals surface area contributed by atoms with Crippen LogP contribution in [0.4, 0.5) is 0 Å². The SMILES string of the molecule is COC(=O)c1c(C)nnc(C)c1-c1ccccc1. The van der Waals surface area contributed by atoms with Crippen molar-refractivity contribution in [3.05, 3.63) is 47.3 Å². The second kappa shape index (κ2) is 4.96. The number of carbonyl (C=O) groups excluding carboxylic acids is 1. The van der Waals surface area contributed by atoms with Gasteiger partial charge in [0.1, 0.15) is 0 Å². The quantitative estimate of drug-likeness (QED) is 0.759. The molecular formula is C14H14N2O2. The van der Waals surface area contributed by atoms with E-state index in [0.29, 0.717) is 17.0 Å². The first-order valence-electron chi connectivity index (χ1n) is 5.62. The van der Waals surface area contributed by atoms with Gasteiger partial charge in [0, 0.05) is 5.56 Å². The highest BCUT2D eigenvalue weighted by Gasteiger charge is 2.20. The van der Waals surface area contributed by atoms with Crippen molar-refractivity contribution in [3.8, 4) is 11.1 Å². The number of ether oxygens (including phenoxy) is 1. The minimum absolute atomic E-state index is 0.385. The summed E-state index contributed by atoms with van der Waals surface area (Å²) in [7, 11) is 1.37. The molecule has 2 aromatic rings. The Morgan fingerprint density at radius 3 is 2.28 bits per heavy atom. The van der Waals surface area contributed by atoms with Crippen molar-refractivity contribution in [1.82, 2.24) is 10.2 Å². The molecule has 0 bridgehead atoms. The van der Waals surface area contributed by atoms with Crippen LogP contribution in [0.15, 0.2) is 30.3 Å². The minimum atomic E-state index is -0.385. The van der Waals surface area contributed by atoms with Gasteiger partial charge in [0.25, 0.3) is 0 Å². The van der Waals surface area contributed by atoms with E-state index in [0.717, 1.165) is 11.1 Å². The second-order valence-electron chi connectivity index (χ2n) is 3.98. The molecule has 4 nitrogen and oxygen atoms in total. The zero-order valence-electron chi connectivity index (χ0n) is 10.6. The van der Waals surface area contributed by atoms with Crippen LogP contribution in [0.25, 0.3) is 11.1 Å². The largest absolute Gasteiger partial charge is 0.465 e. The van der Waals surface area contributed by atoms with Gasteiger partial charge in [0.2, 0.25) is 0 Å². The molecule has 0 aliphatic carbocycles. The molecule has 0 amide bonds. The molecule has 4 heteroatoms. The van der Waals surface area contributed by atoms with E-state index >= 15 is 0 Å². The molecule has 0 saturated heterocycles. The van der Waals surface area contributed by atoms with Gasteiger partial charge in [-0.15, -0.1) is 0 Å². The number of hydrogen-bond acceptors (Lipinski definition) is 4. The van der Waals surface area contributed by atoms with E-state index < -0.39 is 0 Å². The van der Waals surface area contributed by atoms with Gasteiger partial charge in [-0.2, -0.15) is 10.2 Å². The van der Waals surface area contributed by atoms with Gasteiger partial charge in [-0.3, -0.25) is 0 Å². The molecule has 0 unspecified atom stereocenters. The third kappa shape index (κ3) is 2.09. The monoisotopic (exact) mass is 242 g/mol. The summed E-state index contributed by atoms with van der Waals surface area (Å²) in [6.07, 6.45) is 0. The van der Waals surface area contributed by atoms with Gasteiger partial charge in [0.15, 0.2) is 0 Å². The molecule has 2 rings (SSSR count). The number of aromatic nitrogens is 2. The molecule has 0 N–H and O–H groups in total. The van der Waals surface area contributed by atoms with E-state index in [-0.39, 0.29) is 5.97 Å². The number of benzene rings is 1. The van der Waals surface area contributed by atoms with Gasteiger partial charge in [-0.1, -0.05) is 30.3 Å². The van der Waals surface area contributed by atoms with Crippen LogP contribution in [0.5, 0.6) is 0 Å². The lowest BCUT2D eigenvalue weighted by atomic mass is 9.98. The van der Waals surface area contributed by atoms with Crippen LogP contribution >= 0.6 is 0 Å². The van der Waals surface area contributed by atoms with E-state index in [1.807, 2.05) is 37.3 Å². The maximum absolute atomic E-state index is 11.9. The summed E-state index contributed by atoms with van der Waals surface area (Å²) in [5.41, 5.74) is 3.50. The van der Waals surface area contributed by atoms with Crippen molar-refractivity contribution in [2.24, 2.45) is 0 Å². The van der Waals surface area contributed by atoms with E-state index in [1.54, 1.807) is 6.92 Å². The normalized spacial score (nSPS) is 10.2. The number of rotatable bonds is 2. The Bertz CT molecular complexity index is 580. The van der Waals surface area contributed by atoms with Crippen LogP contribution in [-0.4, -0.2) is 23.3 Å². The van der Waals surface area contributed by atoms with E-state index in [9.17, 15) is 4.79 Å². The summed E-state index contributed by atoms with van der Waals surface area (Å²) in [6.45, 7) is 3.59. The topological polar surface area (TPSA) is 52.1 Å². The third-order valence-corrected chi connectivity index (χ3v) is 2.78. The number of methoxy groups -OCH3 is 1. The average molecular weight is 242 g/mol. The van der Waals surface area contributed by atoms with Gasteiger partial charge in [-0.25, -0.2) is 4.79 Å². The molecule has 0 atom stereocenters. The highest BCUT2D eigenvalue weighted by molar-refractivity contribution is 5.98. The van der Waals surface area contributed by atoms with Crippen LogP contribution in [0.2, 0.25) is 0 Å². The number of hydrogen-bond donors (Lipinski definition) is 0. The highest BCUT2D eigenvalue weighted by Crippen LogP contribution is 2.27. The lowest BCUT2D eigenvalue weighted by molar-refractivity contribution is 0.0600. The molecule has 0 spiro atoms. The van der Waals surface area contributed by atoms with Crippen molar-refractivity contribution in [2.45, 2.75) is 13.8 Å². The Kier molecular flexibility index (Phi) is 3.37. The zero-order chi connectivity index (χ0) is 13.1. The van der Waals surface area contributed by atoms with Crippen LogP contribution in [0.3, 0.4) is 0 Å². The maximum atomic E-state index is 11.9. The van der Waals surface area contributed by atoms with Crippen LogP contribution in [0, 0.1) is 13.8 Å². The lowest BCUT2D eigenvalue weighted by Crippen LogP contribution is -2.10. The molecule has 0 saturated carbocycles. The average Bonchev–Trinajstić information content (AvgIpc) is 2.41. The summed E-state index contributed by atoms with van der Waals surface area (Å²) in [4.78, 5) is 11.9. The molecule has 18 heavy (non-hydrogen) atoms. The van der Waals surface area contributed by atoms with Crippen LogP contribution < -0.4 is 0 Å². The fourth-order valence-corrected chi connectivity index (χ4v) is 1.92. The molecule has 92 valence electrons. The summed E-state index contributed by atoms with van der Waals surface area (Å²) < 4.78 is 4.83. The fourth-order valence-electron chi connectivity index (χ4n) is 1.92. The first-order chi connectivity index (χ1) is 8.65. The Morgan fingerprint density at radius 1 is 1.06 bits per heavy atom. The standard InChI is InChI=1S/C14H14N2O2/c1-9-12(11-7-5-4-6-8-11)13(14(17)18-3)10(2)16-15-9/h4-8H,1-3H3. The Balaban J connectivity index is 2.73. The molecule has 1 aromatic heterocycles. The van der Waals surface area contributed by atoms with Crippen molar-refractivity contribution in [1.29, 1.82) is 0 Å². The number of aryl methyl sites for hydroxylation is 2. The molecular weight excluding hydrogens is 228 g/mol. The van der Waals surface area contributed by atoms with E-state index in [4.69, 9.17) is 4.74 Å².